The van der Waals surface area contributed by atoms with E-state index in [1.54, 1.807) is 12.1 Å². The van der Waals surface area contributed by atoms with Crippen LogP contribution in [-0.2, 0) is 20.7 Å². The second-order valence-corrected chi connectivity index (χ2v) is 11.6. The summed E-state index contributed by atoms with van der Waals surface area (Å²) in [6.07, 6.45) is 4.76. The molecule has 0 N–H and O–H groups in total. The number of carbonyl (C=O) groups excluding carboxylic acids is 4. The number of Topliss-reactive ketones (excluding diaryl/α,β-unsaturated/α-hetero) is 3. The van der Waals surface area contributed by atoms with Gasteiger partial charge in [0.05, 0.1) is 19.1 Å². The molecule has 1 aliphatic rings. The van der Waals surface area contributed by atoms with E-state index < -0.39 is 0 Å². The van der Waals surface area contributed by atoms with E-state index in [-0.39, 0.29) is 53.4 Å². The van der Waals surface area contributed by atoms with E-state index in [1.165, 1.54) is 19.6 Å². The topological polar surface area (TPSA) is 77.5 Å². The fourth-order valence-electron chi connectivity index (χ4n) is 6.55. The highest BCUT2D eigenvalue weighted by Gasteiger charge is 2.34. The van der Waals surface area contributed by atoms with Gasteiger partial charge in [-0.1, -0.05) is 58.7 Å². The predicted octanol–water partition coefficient (Wildman–Crippen LogP) is 7.70. The van der Waals surface area contributed by atoms with Crippen LogP contribution in [0.25, 0.3) is 11.1 Å². The molecule has 0 saturated carbocycles. The molecule has 2 aromatic carbocycles. The van der Waals surface area contributed by atoms with Gasteiger partial charge in [-0.2, -0.15) is 0 Å². The molecule has 0 fully saturated rings. The van der Waals surface area contributed by atoms with Crippen LogP contribution in [0.3, 0.4) is 0 Å². The molecule has 5 nitrogen and oxygen atoms in total. The molecule has 210 valence electrons. The van der Waals surface area contributed by atoms with Gasteiger partial charge in [-0.3, -0.25) is 14.4 Å². The minimum Gasteiger partial charge on any atom is -0.465 e. The van der Waals surface area contributed by atoms with Gasteiger partial charge in [-0.25, -0.2) is 4.79 Å². The average Bonchev–Trinajstić information content (AvgIpc) is 2.88. The van der Waals surface area contributed by atoms with Crippen LogP contribution >= 0.6 is 0 Å². The first-order valence-electron chi connectivity index (χ1n) is 14.4. The summed E-state index contributed by atoms with van der Waals surface area (Å²) in [5.41, 5.74) is 6.65. The van der Waals surface area contributed by atoms with Crippen molar-refractivity contribution in [2.24, 2.45) is 17.8 Å². The number of fused-ring (bicyclic) bond motifs is 1. The SMILES string of the molecule is CCCC(CC1CC(=O)c2c(C)c(-c3ccc(C(=O)OC)cc3)cc(C(C)C)c2C1)C(CC)C(=O)CC(C)=O. The number of rotatable bonds is 12. The van der Waals surface area contributed by atoms with Crippen LogP contribution in [0.4, 0.5) is 0 Å². The van der Waals surface area contributed by atoms with Crippen LogP contribution in [0.2, 0.25) is 0 Å². The molecule has 5 heteroatoms. The first kappa shape index (κ1) is 30.5. The molecule has 0 aromatic heterocycles. The number of ketones is 3. The van der Waals surface area contributed by atoms with Crippen molar-refractivity contribution in [3.8, 4) is 11.1 Å². The van der Waals surface area contributed by atoms with Crippen molar-refractivity contribution < 1.29 is 23.9 Å². The normalized spacial score (nSPS) is 16.5. The highest BCUT2D eigenvalue weighted by molar-refractivity contribution is 6.02. The Morgan fingerprint density at radius 2 is 1.72 bits per heavy atom. The Kier molecular flexibility index (Phi) is 10.4. The van der Waals surface area contributed by atoms with E-state index in [0.29, 0.717) is 12.0 Å². The Hall–Kier alpha value is -3.08. The van der Waals surface area contributed by atoms with E-state index in [4.69, 9.17) is 4.74 Å². The van der Waals surface area contributed by atoms with Crippen molar-refractivity contribution in [3.63, 3.8) is 0 Å². The Balaban J connectivity index is 1.97. The van der Waals surface area contributed by atoms with Crippen molar-refractivity contribution >= 4 is 23.3 Å². The maximum absolute atomic E-state index is 13.7. The number of benzene rings is 2. The number of hydrogen-bond donors (Lipinski definition) is 0. The van der Waals surface area contributed by atoms with Crippen molar-refractivity contribution in [3.05, 3.63) is 58.1 Å². The number of ether oxygens (including phenoxy) is 1. The molecule has 3 rings (SSSR count). The molecule has 2 aromatic rings. The third kappa shape index (κ3) is 6.93. The molecule has 0 spiro atoms. The predicted molar refractivity (Wildman–Crippen MR) is 155 cm³/mol. The molecular weight excluding hydrogens is 488 g/mol. The lowest BCUT2D eigenvalue weighted by Crippen LogP contribution is -2.30. The van der Waals surface area contributed by atoms with E-state index in [9.17, 15) is 19.2 Å². The molecular formula is C34H44O5. The van der Waals surface area contributed by atoms with Crippen LogP contribution in [0.5, 0.6) is 0 Å². The fourth-order valence-corrected chi connectivity index (χ4v) is 6.55. The number of esters is 1. The first-order valence-corrected chi connectivity index (χ1v) is 14.4. The Labute approximate surface area is 233 Å². The monoisotopic (exact) mass is 532 g/mol. The Morgan fingerprint density at radius 3 is 2.26 bits per heavy atom. The smallest absolute Gasteiger partial charge is 0.337 e. The summed E-state index contributed by atoms with van der Waals surface area (Å²) in [5.74, 6) is 0.244. The molecule has 1 aliphatic carbocycles. The molecule has 0 bridgehead atoms. The Bertz CT molecular complexity index is 1220. The molecule has 0 aliphatic heterocycles. The second-order valence-electron chi connectivity index (χ2n) is 11.6. The molecule has 0 radical (unpaired) electrons. The zero-order valence-corrected chi connectivity index (χ0v) is 24.7. The van der Waals surface area contributed by atoms with Gasteiger partial charge in [0.25, 0.3) is 0 Å². The summed E-state index contributed by atoms with van der Waals surface area (Å²) in [6, 6.07) is 9.58. The van der Waals surface area contributed by atoms with Crippen molar-refractivity contribution in [1.82, 2.24) is 0 Å². The van der Waals surface area contributed by atoms with Gasteiger partial charge >= 0.3 is 5.97 Å². The number of hydrogen-bond acceptors (Lipinski definition) is 5. The lowest BCUT2D eigenvalue weighted by atomic mass is 9.70. The number of carbonyl (C=O) groups is 4. The first-order chi connectivity index (χ1) is 18.5. The zero-order chi connectivity index (χ0) is 28.9. The lowest BCUT2D eigenvalue weighted by Gasteiger charge is -2.33. The van der Waals surface area contributed by atoms with E-state index >= 15 is 0 Å². The highest BCUT2D eigenvalue weighted by Crippen LogP contribution is 2.42. The average molecular weight is 533 g/mol. The quantitative estimate of drug-likeness (QED) is 0.207. The second kappa shape index (κ2) is 13.3. The van der Waals surface area contributed by atoms with E-state index in [0.717, 1.165) is 59.9 Å². The van der Waals surface area contributed by atoms with Gasteiger partial charge in [-0.15, -0.1) is 0 Å². The fraction of sp³-hybridized carbons (Fsp3) is 0.529. The third-order valence-electron chi connectivity index (χ3n) is 8.35. The lowest BCUT2D eigenvalue weighted by molar-refractivity contribution is -0.129. The van der Waals surface area contributed by atoms with Crippen LogP contribution in [0.15, 0.2) is 30.3 Å². The van der Waals surface area contributed by atoms with Gasteiger partial charge in [0, 0.05) is 17.9 Å². The molecule has 0 saturated heterocycles. The van der Waals surface area contributed by atoms with E-state index in [1.807, 2.05) is 26.0 Å². The summed E-state index contributed by atoms with van der Waals surface area (Å²) in [4.78, 5) is 50.2. The summed E-state index contributed by atoms with van der Waals surface area (Å²) in [5, 5.41) is 0. The third-order valence-corrected chi connectivity index (χ3v) is 8.35. The van der Waals surface area contributed by atoms with Crippen molar-refractivity contribution in [2.45, 2.75) is 92.4 Å². The molecule has 39 heavy (non-hydrogen) atoms. The van der Waals surface area contributed by atoms with E-state index in [2.05, 4.69) is 26.8 Å². The molecule has 3 unspecified atom stereocenters. The highest BCUT2D eigenvalue weighted by atomic mass is 16.5. The maximum Gasteiger partial charge on any atom is 0.337 e. The largest absolute Gasteiger partial charge is 0.465 e. The van der Waals surface area contributed by atoms with Crippen molar-refractivity contribution in [2.75, 3.05) is 7.11 Å². The van der Waals surface area contributed by atoms with Gasteiger partial charge in [-0.05, 0) is 90.8 Å². The zero-order valence-electron chi connectivity index (χ0n) is 24.7. The van der Waals surface area contributed by atoms with Gasteiger partial charge in [0.15, 0.2) is 5.78 Å². The molecule has 3 atom stereocenters. The molecule has 0 heterocycles. The minimum absolute atomic E-state index is 0.00519. The van der Waals surface area contributed by atoms with Crippen LogP contribution in [0, 0.1) is 24.7 Å². The van der Waals surface area contributed by atoms with Gasteiger partial charge in [0.2, 0.25) is 0 Å². The van der Waals surface area contributed by atoms with Gasteiger partial charge < -0.3 is 4.74 Å². The Morgan fingerprint density at radius 1 is 1.05 bits per heavy atom. The minimum atomic E-state index is -0.373. The van der Waals surface area contributed by atoms with Crippen LogP contribution in [-0.4, -0.2) is 30.4 Å². The summed E-state index contributed by atoms with van der Waals surface area (Å²) >= 11 is 0. The number of methoxy groups -OCH3 is 1. The van der Waals surface area contributed by atoms with Crippen molar-refractivity contribution in [1.29, 1.82) is 0 Å². The summed E-state index contributed by atoms with van der Waals surface area (Å²) in [7, 11) is 1.37. The van der Waals surface area contributed by atoms with Crippen LogP contribution < -0.4 is 0 Å². The summed E-state index contributed by atoms with van der Waals surface area (Å²) in [6.45, 7) is 12.0. The summed E-state index contributed by atoms with van der Waals surface area (Å²) < 4.78 is 4.83. The molecule has 0 amide bonds. The standard InChI is InChI=1S/C34H44O5/c1-8-10-26(27(9-2)31(36)15-21(5)35)16-23-17-30-28(20(3)4)19-29(22(6)33(30)32(37)18-23)24-11-13-25(14-12-24)34(38)39-7/h11-14,19-20,23,26-27H,8-10,15-18H2,1-7H3. The van der Waals surface area contributed by atoms with Crippen LogP contribution in [0.1, 0.15) is 116 Å². The van der Waals surface area contributed by atoms with Gasteiger partial charge in [0.1, 0.15) is 11.6 Å². The maximum atomic E-state index is 13.7.